The van der Waals surface area contributed by atoms with E-state index in [2.05, 4.69) is 4.98 Å². The van der Waals surface area contributed by atoms with Crippen molar-refractivity contribution >= 4 is 10.9 Å². The molecule has 2 rings (SSSR count). The van der Waals surface area contributed by atoms with Crippen molar-refractivity contribution in [2.45, 2.75) is 20.0 Å². The average Bonchev–Trinajstić information content (AvgIpc) is 2.47. The number of aromatic nitrogens is 1. The zero-order valence-corrected chi connectivity index (χ0v) is 8.13. The summed E-state index contributed by atoms with van der Waals surface area (Å²) in [6.45, 7) is 3.52. The lowest BCUT2D eigenvalue weighted by atomic mass is 10.1. The molecule has 2 aromatic rings. The van der Waals surface area contributed by atoms with E-state index in [1.165, 1.54) is 12.1 Å². The van der Waals surface area contributed by atoms with Crippen LogP contribution < -0.4 is 0 Å². The first kappa shape index (κ1) is 9.21. The Bertz CT molecular complexity index is 473. The van der Waals surface area contributed by atoms with Crippen molar-refractivity contribution in [3.63, 3.8) is 0 Å². The summed E-state index contributed by atoms with van der Waals surface area (Å²) in [5.41, 5.74) is 2.46. The molecule has 0 aliphatic heterocycles. The smallest absolute Gasteiger partial charge is 0.124 e. The second kappa shape index (κ2) is 3.10. The van der Waals surface area contributed by atoms with E-state index < -0.39 is 6.10 Å². The lowest BCUT2D eigenvalue weighted by molar-refractivity contribution is 0.195. The van der Waals surface area contributed by atoms with Crippen molar-refractivity contribution in [2.24, 2.45) is 0 Å². The fraction of sp³-hybridized carbons (Fsp3) is 0.273. The maximum Gasteiger partial charge on any atom is 0.124 e. The monoisotopic (exact) mass is 193 g/mol. The number of benzene rings is 1. The van der Waals surface area contributed by atoms with Gasteiger partial charge in [0.25, 0.3) is 0 Å². The van der Waals surface area contributed by atoms with Crippen molar-refractivity contribution in [3.8, 4) is 0 Å². The molecule has 0 aliphatic carbocycles. The van der Waals surface area contributed by atoms with Gasteiger partial charge < -0.3 is 10.1 Å². The Morgan fingerprint density at radius 2 is 2.07 bits per heavy atom. The Hall–Kier alpha value is -1.35. The average molecular weight is 193 g/mol. The highest BCUT2D eigenvalue weighted by atomic mass is 19.1. The Morgan fingerprint density at radius 3 is 2.71 bits per heavy atom. The topological polar surface area (TPSA) is 36.0 Å². The number of aromatic amines is 1. The van der Waals surface area contributed by atoms with Gasteiger partial charge in [0, 0.05) is 16.6 Å². The van der Waals surface area contributed by atoms with Gasteiger partial charge >= 0.3 is 0 Å². The standard InChI is InChI=1S/C11H12FNO/c1-6-3-9(12)4-8-5-10(7(2)14)13-11(6)8/h3-5,7,13-14H,1-2H3. The van der Waals surface area contributed by atoms with Gasteiger partial charge in [0.2, 0.25) is 0 Å². The normalized spacial score (nSPS) is 13.4. The molecule has 1 aromatic carbocycles. The maximum atomic E-state index is 13.0. The van der Waals surface area contributed by atoms with Gasteiger partial charge in [0.05, 0.1) is 6.10 Å². The first-order valence-electron chi connectivity index (χ1n) is 4.55. The zero-order chi connectivity index (χ0) is 10.3. The summed E-state index contributed by atoms with van der Waals surface area (Å²) in [6.07, 6.45) is -0.551. The quantitative estimate of drug-likeness (QED) is 0.717. The molecular weight excluding hydrogens is 181 g/mol. The third kappa shape index (κ3) is 1.40. The lowest BCUT2D eigenvalue weighted by Gasteiger charge is -1.98. The number of rotatable bonds is 1. The van der Waals surface area contributed by atoms with Crippen LogP contribution in [-0.4, -0.2) is 10.1 Å². The second-order valence-corrected chi connectivity index (χ2v) is 3.59. The van der Waals surface area contributed by atoms with Crippen molar-refractivity contribution in [2.75, 3.05) is 0 Å². The summed E-state index contributed by atoms with van der Waals surface area (Å²) in [6, 6.07) is 4.71. The van der Waals surface area contributed by atoms with E-state index in [1.807, 2.05) is 6.92 Å². The van der Waals surface area contributed by atoms with E-state index in [-0.39, 0.29) is 5.82 Å². The molecule has 0 fully saturated rings. The van der Waals surface area contributed by atoms with Crippen molar-refractivity contribution in [1.29, 1.82) is 0 Å². The van der Waals surface area contributed by atoms with Gasteiger partial charge in [-0.15, -0.1) is 0 Å². The van der Waals surface area contributed by atoms with E-state index >= 15 is 0 Å². The minimum Gasteiger partial charge on any atom is -0.387 e. The molecule has 0 bridgehead atoms. The van der Waals surface area contributed by atoms with Gasteiger partial charge in [-0.2, -0.15) is 0 Å². The van der Waals surface area contributed by atoms with Crippen LogP contribution in [-0.2, 0) is 0 Å². The zero-order valence-electron chi connectivity index (χ0n) is 8.13. The molecule has 0 aliphatic rings. The van der Waals surface area contributed by atoms with Crippen LogP contribution in [0.25, 0.3) is 10.9 Å². The van der Waals surface area contributed by atoms with Crippen LogP contribution in [0.3, 0.4) is 0 Å². The van der Waals surface area contributed by atoms with Crippen LogP contribution >= 0.6 is 0 Å². The summed E-state index contributed by atoms with van der Waals surface area (Å²) in [5.74, 6) is -0.244. The molecule has 0 radical (unpaired) electrons. The van der Waals surface area contributed by atoms with E-state index in [0.717, 1.165) is 16.5 Å². The summed E-state index contributed by atoms with van der Waals surface area (Å²) >= 11 is 0. The fourth-order valence-corrected chi connectivity index (χ4v) is 1.63. The fourth-order valence-electron chi connectivity index (χ4n) is 1.63. The maximum absolute atomic E-state index is 13.0. The number of aliphatic hydroxyl groups is 1. The molecule has 0 amide bonds. The highest BCUT2D eigenvalue weighted by Crippen LogP contribution is 2.23. The first-order valence-corrected chi connectivity index (χ1v) is 4.55. The van der Waals surface area contributed by atoms with Gasteiger partial charge in [-0.3, -0.25) is 0 Å². The number of hydrogen-bond acceptors (Lipinski definition) is 1. The van der Waals surface area contributed by atoms with Crippen LogP contribution in [0.2, 0.25) is 0 Å². The van der Waals surface area contributed by atoms with Gasteiger partial charge in [-0.25, -0.2) is 4.39 Å². The number of H-pyrrole nitrogens is 1. The van der Waals surface area contributed by atoms with Crippen LogP contribution in [0, 0.1) is 12.7 Å². The number of nitrogens with one attached hydrogen (secondary N) is 1. The number of fused-ring (bicyclic) bond motifs is 1. The molecule has 3 heteroatoms. The van der Waals surface area contributed by atoms with Crippen LogP contribution in [0.4, 0.5) is 4.39 Å². The van der Waals surface area contributed by atoms with Gasteiger partial charge in [-0.05, 0) is 37.6 Å². The van der Waals surface area contributed by atoms with Gasteiger partial charge in [0.1, 0.15) is 5.82 Å². The third-order valence-corrected chi connectivity index (χ3v) is 2.36. The third-order valence-electron chi connectivity index (χ3n) is 2.36. The molecule has 0 saturated carbocycles. The largest absolute Gasteiger partial charge is 0.387 e. The lowest BCUT2D eigenvalue weighted by Crippen LogP contribution is -1.89. The molecule has 1 aromatic heterocycles. The molecule has 1 atom stereocenters. The SMILES string of the molecule is Cc1cc(F)cc2cc(C(C)O)[nH]c12. The number of hydrogen-bond donors (Lipinski definition) is 2. The summed E-state index contributed by atoms with van der Waals surface area (Å²) in [4.78, 5) is 3.07. The van der Waals surface area contributed by atoms with Crippen LogP contribution in [0.15, 0.2) is 18.2 Å². The molecule has 0 spiro atoms. The predicted octanol–water partition coefficient (Wildman–Crippen LogP) is 2.67. The molecule has 14 heavy (non-hydrogen) atoms. The molecule has 2 N–H and O–H groups in total. The summed E-state index contributed by atoms with van der Waals surface area (Å²) in [7, 11) is 0. The molecule has 1 heterocycles. The number of halogens is 1. The second-order valence-electron chi connectivity index (χ2n) is 3.59. The van der Waals surface area contributed by atoms with E-state index in [1.54, 1.807) is 13.0 Å². The summed E-state index contributed by atoms with van der Waals surface area (Å²) < 4.78 is 13.0. The van der Waals surface area contributed by atoms with Crippen molar-refractivity contribution in [1.82, 2.24) is 4.98 Å². The van der Waals surface area contributed by atoms with E-state index in [9.17, 15) is 9.50 Å². The van der Waals surface area contributed by atoms with Crippen LogP contribution in [0.5, 0.6) is 0 Å². The highest BCUT2D eigenvalue weighted by molar-refractivity contribution is 5.83. The Balaban J connectivity index is 2.70. The molecule has 1 unspecified atom stereocenters. The molecule has 0 saturated heterocycles. The Morgan fingerprint density at radius 1 is 1.36 bits per heavy atom. The Labute approximate surface area is 81.4 Å². The molecule has 74 valence electrons. The predicted molar refractivity (Wildman–Crippen MR) is 53.6 cm³/mol. The van der Waals surface area contributed by atoms with E-state index in [4.69, 9.17) is 0 Å². The van der Waals surface area contributed by atoms with Crippen LogP contribution in [0.1, 0.15) is 24.3 Å². The summed E-state index contributed by atoms with van der Waals surface area (Å²) in [5, 5.41) is 10.2. The molecular formula is C11H12FNO. The van der Waals surface area contributed by atoms with Crippen molar-refractivity contribution in [3.05, 3.63) is 35.3 Å². The van der Waals surface area contributed by atoms with Gasteiger partial charge in [-0.1, -0.05) is 0 Å². The van der Waals surface area contributed by atoms with E-state index in [0.29, 0.717) is 5.69 Å². The highest BCUT2D eigenvalue weighted by Gasteiger charge is 2.08. The van der Waals surface area contributed by atoms with Gasteiger partial charge in [0.15, 0.2) is 0 Å². The molecule has 2 nitrogen and oxygen atoms in total. The minimum atomic E-state index is -0.551. The number of aryl methyl sites for hydroxylation is 1. The first-order chi connectivity index (χ1) is 6.58. The van der Waals surface area contributed by atoms with Crippen molar-refractivity contribution < 1.29 is 9.50 Å². The Kier molecular flexibility index (Phi) is 2.04. The number of aliphatic hydroxyl groups excluding tert-OH is 1. The minimum absolute atomic E-state index is 0.244.